The number of benzene rings is 1. The second kappa shape index (κ2) is 6.24. The van der Waals surface area contributed by atoms with Gasteiger partial charge in [-0.3, -0.25) is 0 Å². The largest absolute Gasteiger partial charge is 0.366 e. The van der Waals surface area contributed by atoms with Gasteiger partial charge in [0.15, 0.2) is 0 Å². The van der Waals surface area contributed by atoms with Crippen LogP contribution >= 0.6 is 0 Å². The average Bonchev–Trinajstić information content (AvgIpc) is 2.45. The molecular formula is C15H19N3O2S. The minimum absolute atomic E-state index is 0.315. The molecule has 1 N–H and O–H groups in total. The molecule has 0 amide bonds. The summed E-state index contributed by atoms with van der Waals surface area (Å²) in [5.74, 6) is 0.729. The van der Waals surface area contributed by atoms with E-state index in [9.17, 15) is 8.42 Å². The minimum atomic E-state index is -3.45. The first-order valence-electron chi connectivity index (χ1n) is 6.59. The molecule has 0 aliphatic rings. The molecule has 6 heteroatoms. The molecule has 0 bridgehead atoms. The molecule has 2 aromatic rings. The van der Waals surface area contributed by atoms with E-state index in [1.807, 2.05) is 31.2 Å². The zero-order valence-corrected chi connectivity index (χ0v) is 13.2. The van der Waals surface area contributed by atoms with Gasteiger partial charge in [-0.05, 0) is 30.7 Å². The molecule has 2 rings (SSSR count). The number of nitrogens with one attached hydrogen (secondary N) is 1. The standard InChI is InChI=1S/C15H19N3O2S/c1-12-7-6-10-15(17-12)16-11-13-8-4-5-9-14(13)21(19,20)18(2)3/h4-10H,11H2,1-3H3,(H,16,17). The van der Waals surface area contributed by atoms with Crippen molar-refractivity contribution in [3.8, 4) is 0 Å². The fraction of sp³-hybridized carbons (Fsp3) is 0.267. The Morgan fingerprint density at radius 1 is 1.10 bits per heavy atom. The summed E-state index contributed by atoms with van der Waals surface area (Å²) in [6.07, 6.45) is 0. The first-order valence-corrected chi connectivity index (χ1v) is 8.03. The van der Waals surface area contributed by atoms with E-state index in [-0.39, 0.29) is 0 Å². The predicted molar refractivity (Wildman–Crippen MR) is 83.6 cm³/mol. The van der Waals surface area contributed by atoms with E-state index in [2.05, 4.69) is 10.3 Å². The lowest BCUT2D eigenvalue weighted by molar-refractivity contribution is 0.520. The number of nitrogens with zero attached hydrogens (tertiary/aromatic N) is 2. The molecule has 0 radical (unpaired) electrons. The SMILES string of the molecule is Cc1cccc(NCc2ccccc2S(=O)(=O)N(C)C)n1. The van der Waals surface area contributed by atoms with Gasteiger partial charge >= 0.3 is 0 Å². The number of aromatic nitrogens is 1. The van der Waals surface area contributed by atoms with Crippen molar-refractivity contribution in [2.24, 2.45) is 0 Å². The van der Waals surface area contributed by atoms with Crippen LogP contribution in [0.5, 0.6) is 0 Å². The van der Waals surface area contributed by atoms with Gasteiger partial charge in [-0.15, -0.1) is 0 Å². The van der Waals surface area contributed by atoms with Gasteiger partial charge < -0.3 is 5.32 Å². The summed E-state index contributed by atoms with van der Waals surface area (Å²) in [4.78, 5) is 4.66. The van der Waals surface area contributed by atoms with Gasteiger partial charge in [0.05, 0.1) is 4.90 Å². The topological polar surface area (TPSA) is 62.3 Å². The number of anilines is 1. The first kappa shape index (κ1) is 15.5. The first-order chi connectivity index (χ1) is 9.91. The summed E-state index contributed by atoms with van der Waals surface area (Å²) >= 11 is 0. The number of pyridine rings is 1. The van der Waals surface area contributed by atoms with E-state index >= 15 is 0 Å². The van der Waals surface area contributed by atoms with Crippen LogP contribution in [-0.4, -0.2) is 31.8 Å². The molecule has 0 spiro atoms. The highest BCUT2D eigenvalue weighted by Gasteiger charge is 2.20. The molecule has 0 atom stereocenters. The number of hydrogen-bond donors (Lipinski definition) is 1. The molecule has 0 saturated heterocycles. The average molecular weight is 305 g/mol. The Bertz CT molecular complexity index is 727. The van der Waals surface area contributed by atoms with Crippen molar-refractivity contribution in [2.75, 3.05) is 19.4 Å². The number of aryl methyl sites for hydroxylation is 1. The van der Waals surface area contributed by atoms with Crippen LogP contribution < -0.4 is 5.32 Å². The Labute approximate surface area is 125 Å². The van der Waals surface area contributed by atoms with Crippen LogP contribution in [0.4, 0.5) is 5.82 Å². The van der Waals surface area contributed by atoms with Crippen molar-refractivity contribution in [1.29, 1.82) is 0 Å². The molecule has 0 fully saturated rings. The highest BCUT2D eigenvalue weighted by atomic mass is 32.2. The van der Waals surface area contributed by atoms with Gasteiger partial charge in [0.1, 0.15) is 5.82 Å². The molecule has 0 saturated carbocycles. The van der Waals surface area contributed by atoms with Crippen LogP contribution in [0, 0.1) is 6.92 Å². The molecule has 112 valence electrons. The van der Waals surface area contributed by atoms with Crippen molar-refractivity contribution in [1.82, 2.24) is 9.29 Å². The van der Waals surface area contributed by atoms with Gasteiger partial charge in [-0.1, -0.05) is 24.3 Å². The summed E-state index contributed by atoms with van der Waals surface area (Å²) in [5, 5.41) is 3.16. The van der Waals surface area contributed by atoms with Crippen LogP contribution in [0.15, 0.2) is 47.4 Å². The fourth-order valence-electron chi connectivity index (χ4n) is 1.93. The van der Waals surface area contributed by atoms with E-state index < -0.39 is 10.0 Å². The maximum atomic E-state index is 12.3. The lowest BCUT2D eigenvalue weighted by Crippen LogP contribution is -2.23. The molecule has 1 aromatic carbocycles. The molecule has 0 unspecified atom stereocenters. The summed E-state index contributed by atoms with van der Waals surface area (Å²) in [6, 6.07) is 12.7. The van der Waals surface area contributed by atoms with Gasteiger partial charge in [-0.2, -0.15) is 0 Å². The lowest BCUT2D eigenvalue weighted by Gasteiger charge is -2.15. The van der Waals surface area contributed by atoms with E-state index in [0.717, 1.165) is 17.1 Å². The molecule has 5 nitrogen and oxygen atoms in total. The summed E-state index contributed by atoms with van der Waals surface area (Å²) in [6.45, 7) is 2.31. The highest BCUT2D eigenvalue weighted by Crippen LogP contribution is 2.19. The molecule has 21 heavy (non-hydrogen) atoms. The summed E-state index contributed by atoms with van der Waals surface area (Å²) < 4.78 is 25.8. The third-order valence-corrected chi connectivity index (χ3v) is 5.00. The maximum absolute atomic E-state index is 12.3. The second-order valence-electron chi connectivity index (χ2n) is 4.91. The van der Waals surface area contributed by atoms with Crippen LogP contribution in [0.1, 0.15) is 11.3 Å². The molecule has 1 heterocycles. The zero-order chi connectivity index (χ0) is 15.5. The monoisotopic (exact) mass is 305 g/mol. The van der Waals surface area contributed by atoms with Crippen LogP contribution in [-0.2, 0) is 16.6 Å². The highest BCUT2D eigenvalue weighted by molar-refractivity contribution is 7.89. The number of rotatable bonds is 5. The lowest BCUT2D eigenvalue weighted by atomic mass is 10.2. The van der Waals surface area contributed by atoms with E-state index in [4.69, 9.17) is 0 Å². The third-order valence-electron chi connectivity index (χ3n) is 3.08. The van der Waals surface area contributed by atoms with Gasteiger partial charge in [0, 0.05) is 26.3 Å². The molecular weight excluding hydrogens is 286 g/mol. The third kappa shape index (κ3) is 3.59. The normalized spacial score (nSPS) is 11.6. The van der Waals surface area contributed by atoms with Crippen molar-refractivity contribution >= 4 is 15.8 Å². The van der Waals surface area contributed by atoms with Crippen molar-refractivity contribution in [2.45, 2.75) is 18.4 Å². The fourth-order valence-corrected chi connectivity index (χ4v) is 3.04. The van der Waals surface area contributed by atoms with Crippen molar-refractivity contribution < 1.29 is 8.42 Å². The Hall–Kier alpha value is -1.92. The molecule has 0 aliphatic heterocycles. The van der Waals surface area contributed by atoms with Crippen LogP contribution in [0.25, 0.3) is 0 Å². The van der Waals surface area contributed by atoms with Crippen molar-refractivity contribution in [3.63, 3.8) is 0 Å². The molecule has 1 aromatic heterocycles. The van der Waals surface area contributed by atoms with Crippen molar-refractivity contribution in [3.05, 3.63) is 53.7 Å². The Morgan fingerprint density at radius 2 is 1.81 bits per heavy atom. The quantitative estimate of drug-likeness (QED) is 0.920. The number of hydrogen-bond acceptors (Lipinski definition) is 4. The van der Waals surface area contributed by atoms with Crippen LogP contribution in [0.3, 0.4) is 0 Å². The van der Waals surface area contributed by atoms with Gasteiger partial charge in [0.2, 0.25) is 10.0 Å². The van der Waals surface area contributed by atoms with E-state index in [1.54, 1.807) is 18.2 Å². The maximum Gasteiger partial charge on any atom is 0.242 e. The van der Waals surface area contributed by atoms with Gasteiger partial charge in [0.25, 0.3) is 0 Å². The Balaban J connectivity index is 2.26. The van der Waals surface area contributed by atoms with Crippen LogP contribution in [0.2, 0.25) is 0 Å². The van der Waals surface area contributed by atoms with E-state index in [1.165, 1.54) is 18.4 Å². The summed E-state index contributed by atoms with van der Waals surface area (Å²) in [7, 11) is -0.388. The minimum Gasteiger partial charge on any atom is -0.366 e. The second-order valence-corrected chi connectivity index (χ2v) is 7.03. The van der Waals surface area contributed by atoms with E-state index in [0.29, 0.717) is 11.4 Å². The Morgan fingerprint density at radius 3 is 2.48 bits per heavy atom. The smallest absolute Gasteiger partial charge is 0.242 e. The summed E-state index contributed by atoms with van der Waals surface area (Å²) in [5.41, 5.74) is 1.63. The number of sulfonamides is 1. The van der Waals surface area contributed by atoms with Gasteiger partial charge in [-0.25, -0.2) is 17.7 Å². The zero-order valence-electron chi connectivity index (χ0n) is 12.4. The molecule has 0 aliphatic carbocycles. The predicted octanol–water partition coefficient (Wildman–Crippen LogP) is 2.25. The Kier molecular flexibility index (Phi) is 4.59.